The predicted molar refractivity (Wildman–Crippen MR) is 173 cm³/mol. The topological polar surface area (TPSA) is 161 Å². The lowest BCUT2D eigenvalue weighted by molar-refractivity contribution is 0.122. The molecule has 2 aromatic carbocycles. The summed E-state index contributed by atoms with van der Waals surface area (Å²) in [5.74, 6) is 1.27. The van der Waals surface area contributed by atoms with Gasteiger partial charge < -0.3 is 25.0 Å². The van der Waals surface area contributed by atoms with Gasteiger partial charge in [-0.05, 0) is 34.1 Å². The van der Waals surface area contributed by atoms with Crippen molar-refractivity contribution in [3.8, 4) is 16.9 Å². The maximum atomic E-state index is 12.2. The first-order valence-corrected chi connectivity index (χ1v) is 16.2. The predicted octanol–water partition coefficient (Wildman–Crippen LogP) is 4.29. The second-order valence-electron chi connectivity index (χ2n) is 10.00. The van der Waals surface area contributed by atoms with Gasteiger partial charge in [-0.2, -0.15) is 10.1 Å². The Balaban J connectivity index is 1.37. The van der Waals surface area contributed by atoms with Crippen molar-refractivity contribution in [2.75, 3.05) is 59.9 Å². The third-order valence-corrected chi connectivity index (χ3v) is 8.01. The molecule has 1 aliphatic rings. The number of nitrogens with one attached hydrogen (secondary N) is 3. The van der Waals surface area contributed by atoms with Gasteiger partial charge in [0.25, 0.3) is 0 Å². The molecule has 4 heterocycles. The van der Waals surface area contributed by atoms with Gasteiger partial charge in [0.05, 0.1) is 59.8 Å². The molecule has 0 amide bonds. The number of hydrogen-bond donors (Lipinski definition) is 3. The molecule has 0 spiro atoms. The number of sulfonamides is 1. The Morgan fingerprint density at radius 2 is 1.82 bits per heavy atom. The number of benzene rings is 2. The van der Waals surface area contributed by atoms with Gasteiger partial charge in [0.1, 0.15) is 17.1 Å². The smallest absolute Gasteiger partial charge is 0.229 e. The van der Waals surface area contributed by atoms with Gasteiger partial charge in [-0.3, -0.25) is 19.4 Å². The highest BCUT2D eigenvalue weighted by Crippen LogP contribution is 2.41. The van der Waals surface area contributed by atoms with Crippen LogP contribution in [0.15, 0.2) is 59.7 Å². The molecule has 0 atom stereocenters. The van der Waals surface area contributed by atoms with Gasteiger partial charge in [0, 0.05) is 67.8 Å². The van der Waals surface area contributed by atoms with E-state index in [1.54, 1.807) is 36.3 Å². The van der Waals surface area contributed by atoms with Crippen molar-refractivity contribution in [2.45, 2.75) is 0 Å². The van der Waals surface area contributed by atoms with E-state index in [4.69, 9.17) is 9.47 Å². The fraction of sp³-hybridized carbons (Fsp3) is 0.250. The molecule has 228 valence electrons. The quantitative estimate of drug-likeness (QED) is 0.203. The summed E-state index contributed by atoms with van der Waals surface area (Å²) in [5.41, 5.74) is 5.17. The zero-order chi connectivity index (χ0) is 30.8. The van der Waals surface area contributed by atoms with Crippen molar-refractivity contribution < 1.29 is 17.9 Å². The number of anilines is 6. The fourth-order valence-electron chi connectivity index (χ4n) is 4.89. The van der Waals surface area contributed by atoms with Crippen molar-refractivity contribution in [1.82, 2.24) is 29.7 Å². The Morgan fingerprint density at radius 3 is 2.55 bits per heavy atom. The average Bonchev–Trinajstić information content (AvgIpc) is 3.45. The normalized spacial score (nSPS) is 13.6. The molecule has 0 bridgehead atoms. The highest BCUT2D eigenvalue weighted by Gasteiger charge is 2.21. The molecule has 0 unspecified atom stereocenters. The van der Waals surface area contributed by atoms with Crippen LogP contribution >= 0.6 is 15.9 Å². The molecule has 0 radical (unpaired) electrons. The molecule has 1 fully saturated rings. The number of halogens is 1. The number of nitrogens with zero attached hydrogens (tertiary/aromatic N) is 7. The molecule has 16 heteroatoms. The van der Waals surface area contributed by atoms with Crippen LogP contribution in [0.3, 0.4) is 0 Å². The molecule has 1 aliphatic heterocycles. The summed E-state index contributed by atoms with van der Waals surface area (Å²) in [7, 11) is -0.141. The summed E-state index contributed by atoms with van der Waals surface area (Å²) in [4.78, 5) is 20.0. The van der Waals surface area contributed by atoms with Crippen LogP contribution in [-0.4, -0.2) is 77.8 Å². The zero-order valence-electron chi connectivity index (χ0n) is 24.1. The lowest BCUT2D eigenvalue weighted by atomic mass is 10.0. The van der Waals surface area contributed by atoms with E-state index in [9.17, 15) is 8.42 Å². The molecule has 3 N–H and O–H groups in total. The van der Waals surface area contributed by atoms with Crippen LogP contribution in [0, 0.1) is 0 Å². The van der Waals surface area contributed by atoms with Crippen molar-refractivity contribution in [3.63, 3.8) is 0 Å². The molecule has 6 rings (SSSR count). The Labute approximate surface area is 262 Å². The molecule has 5 aromatic rings. The first-order chi connectivity index (χ1) is 21.2. The van der Waals surface area contributed by atoms with Crippen LogP contribution in [0.1, 0.15) is 0 Å². The number of rotatable bonds is 9. The van der Waals surface area contributed by atoms with Crippen LogP contribution in [-0.2, 0) is 21.8 Å². The van der Waals surface area contributed by atoms with Gasteiger partial charge in [-0.1, -0.05) is 0 Å². The van der Waals surface area contributed by atoms with Gasteiger partial charge in [-0.25, -0.2) is 13.4 Å². The summed E-state index contributed by atoms with van der Waals surface area (Å²) < 4.78 is 40.7. The molecule has 1 saturated heterocycles. The van der Waals surface area contributed by atoms with E-state index < -0.39 is 10.0 Å². The summed E-state index contributed by atoms with van der Waals surface area (Å²) in [6.07, 6.45) is 9.50. The van der Waals surface area contributed by atoms with E-state index in [-0.39, 0.29) is 11.6 Å². The summed E-state index contributed by atoms with van der Waals surface area (Å²) in [6, 6.07) is 7.44. The number of methoxy groups -OCH3 is 1. The molecular formula is C28H29BrN10O4S. The van der Waals surface area contributed by atoms with E-state index >= 15 is 0 Å². The third-order valence-electron chi connectivity index (χ3n) is 6.86. The number of morpholine rings is 1. The second-order valence-corrected chi connectivity index (χ2v) is 12.6. The minimum atomic E-state index is -3.63. The van der Waals surface area contributed by atoms with Crippen molar-refractivity contribution in [3.05, 3.63) is 59.7 Å². The Kier molecular flexibility index (Phi) is 8.20. The van der Waals surface area contributed by atoms with Crippen LogP contribution in [0.5, 0.6) is 5.75 Å². The Morgan fingerprint density at radius 1 is 1.02 bits per heavy atom. The first kappa shape index (κ1) is 29.5. The lowest BCUT2D eigenvalue weighted by Crippen LogP contribution is -2.36. The van der Waals surface area contributed by atoms with Crippen molar-refractivity contribution in [2.24, 2.45) is 7.05 Å². The standard InChI is InChI=1S/C28H29BrN10O4S/c1-38-16-17(14-33-38)18-12-22(24(42-2)13-23(18)39-8-10-43-11-9-39)35-28-32-15-19(29)27(36-28)34-21-5-4-20-25(31-7-6-30-20)26(21)37-44(3,40)41/h4-7,12-16,37H,8-11H2,1-3H3,(H2,32,34,35,36). The van der Waals surface area contributed by atoms with Gasteiger partial charge in [-0.15, -0.1) is 0 Å². The molecular weight excluding hydrogens is 652 g/mol. The SMILES string of the molecule is COc1cc(N2CCOCC2)c(-c2cnn(C)c2)cc1Nc1ncc(Br)c(Nc2ccc3nccnc3c2NS(C)(=O)=O)n1. The number of hydrogen-bond acceptors (Lipinski definition) is 12. The maximum absolute atomic E-state index is 12.2. The van der Waals surface area contributed by atoms with Crippen LogP contribution in [0.25, 0.3) is 22.2 Å². The molecule has 14 nitrogen and oxygen atoms in total. The number of fused-ring (bicyclic) bond motifs is 1. The summed E-state index contributed by atoms with van der Waals surface area (Å²) >= 11 is 3.50. The molecule has 44 heavy (non-hydrogen) atoms. The monoisotopic (exact) mass is 680 g/mol. The molecule has 3 aromatic heterocycles. The summed E-state index contributed by atoms with van der Waals surface area (Å²) in [6.45, 7) is 2.79. The van der Waals surface area contributed by atoms with Crippen LogP contribution < -0.4 is 25.0 Å². The van der Waals surface area contributed by atoms with Gasteiger partial charge in [0.2, 0.25) is 16.0 Å². The number of aryl methyl sites for hydroxylation is 1. The van der Waals surface area contributed by atoms with E-state index in [0.29, 0.717) is 51.7 Å². The third kappa shape index (κ3) is 6.36. The Hall–Kier alpha value is -4.54. The minimum Gasteiger partial charge on any atom is -0.494 e. The minimum absolute atomic E-state index is 0.250. The zero-order valence-corrected chi connectivity index (χ0v) is 26.5. The van der Waals surface area contributed by atoms with E-state index in [2.05, 4.69) is 61.2 Å². The number of aromatic nitrogens is 6. The second kappa shape index (κ2) is 12.2. The van der Waals surface area contributed by atoms with Crippen molar-refractivity contribution >= 4 is 71.5 Å². The lowest BCUT2D eigenvalue weighted by Gasteiger charge is -2.31. The Bertz CT molecular complexity index is 1950. The maximum Gasteiger partial charge on any atom is 0.229 e. The first-order valence-electron chi connectivity index (χ1n) is 13.5. The van der Waals surface area contributed by atoms with Gasteiger partial charge in [0.15, 0.2) is 0 Å². The summed E-state index contributed by atoms with van der Waals surface area (Å²) in [5, 5.41) is 10.9. The van der Waals surface area contributed by atoms with E-state index in [1.165, 1.54) is 6.20 Å². The van der Waals surface area contributed by atoms with Gasteiger partial charge >= 0.3 is 0 Å². The molecule has 0 saturated carbocycles. The number of ether oxygens (including phenoxy) is 2. The van der Waals surface area contributed by atoms with Crippen LogP contribution in [0.4, 0.5) is 34.5 Å². The fourth-order valence-corrected chi connectivity index (χ4v) is 5.75. The highest BCUT2D eigenvalue weighted by atomic mass is 79.9. The van der Waals surface area contributed by atoms with Crippen LogP contribution in [0.2, 0.25) is 0 Å². The van der Waals surface area contributed by atoms with Crippen molar-refractivity contribution in [1.29, 1.82) is 0 Å². The largest absolute Gasteiger partial charge is 0.494 e. The van der Waals surface area contributed by atoms with E-state index in [1.807, 2.05) is 31.6 Å². The highest BCUT2D eigenvalue weighted by molar-refractivity contribution is 9.10. The average molecular weight is 682 g/mol. The van der Waals surface area contributed by atoms with E-state index in [0.717, 1.165) is 36.2 Å². The molecule has 0 aliphatic carbocycles.